The van der Waals surface area contributed by atoms with Crippen LogP contribution in [-0.2, 0) is 21.1 Å². The zero-order chi connectivity index (χ0) is 22.3. The quantitative estimate of drug-likeness (QED) is 0.654. The van der Waals surface area contributed by atoms with E-state index in [1.54, 1.807) is 0 Å². The maximum absolute atomic E-state index is 13.5. The molecule has 0 aromatic carbocycles. The van der Waals surface area contributed by atoms with E-state index in [1.165, 1.54) is 31.3 Å². The molecule has 3 rings (SSSR count). The predicted molar refractivity (Wildman–Crippen MR) is 96.9 cm³/mol. The van der Waals surface area contributed by atoms with Crippen molar-refractivity contribution in [2.24, 2.45) is 0 Å². The van der Waals surface area contributed by atoms with E-state index in [0.29, 0.717) is 10.5 Å². The predicted octanol–water partition coefficient (Wildman–Crippen LogP) is 3.41. The topological polar surface area (TPSA) is 80.2 Å². The fraction of sp³-hybridized carbons (Fsp3) is 0.389. The average Bonchev–Trinajstić information content (AvgIpc) is 2.69. The molecule has 162 valence electrons. The molecule has 0 saturated carbocycles. The molecule has 6 nitrogen and oxygen atoms in total. The van der Waals surface area contributed by atoms with Gasteiger partial charge in [0.25, 0.3) is 0 Å². The highest BCUT2D eigenvalue weighted by Gasteiger charge is 2.59. The van der Waals surface area contributed by atoms with Crippen LogP contribution in [0, 0.1) is 0 Å². The Balaban J connectivity index is 2.05. The number of nitrogens with zero attached hydrogens (tertiary/aromatic N) is 3. The number of fused-ring (bicyclic) bond motifs is 1. The summed E-state index contributed by atoms with van der Waals surface area (Å²) >= 11 is 0. The van der Waals surface area contributed by atoms with E-state index >= 15 is 0 Å². The number of amides is 1. The number of hydrogen-bond acceptors (Lipinski definition) is 5. The number of aryl methyl sites for hydroxylation is 1. The van der Waals surface area contributed by atoms with Gasteiger partial charge in [0.1, 0.15) is 5.69 Å². The molecule has 1 aliphatic heterocycles. The minimum Gasteiger partial charge on any atom is -0.304 e. The Morgan fingerprint density at radius 1 is 1.13 bits per heavy atom. The monoisotopic (exact) mass is 449 g/mol. The van der Waals surface area contributed by atoms with E-state index in [1.807, 2.05) is 0 Å². The normalized spacial score (nSPS) is 15.3. The number of anilines is 1. The fourth-order valence-corrected chi connectivity index (χ4v) is 4.07. The molecule has 0 spiro atoms. The fourth-order valence-electron chi connectivity index (χ4n) is 3.02. The molecule has 0 radical (unpaired) electrons. The summed E-state index contributed by atoms with van der Waals surface area (Å²) in [5.74, 6) is -6.17. The molecule has 2 aromatic rings. The van der Waals surface area contributed by atoms with Gasteiger partial charge in [-0.25, -0.2) is 8.42 Å². The van der Waals surface area contributed by atoms with Gasteiger partial charge in [0.05, 0.1) is 34.8 Å². The third-order valence-corrected chi connectivity index (χ3v) is 6.43. The number of carbonyl (C=O) groups excluding carboxylic acids is 1. The van der Waals surface area contributed by atoms with Crippen LogP contribution in [0.1, 0.15) is 18.9 Å². The summed E-state index contributed by atoms with van der Waals surface area (Å²) < 4.78 is 89.5. The third-order valence-electron chi connectivity index (χ3n) is 4.67. The van der Waals surface area contributed by atoms with Gasteiger partial charge in [0.2, 0.25) is 5.91 Å². The zero-order valence-corrected chi connectivity index (χ0v) is 16.4. The Kier molecular flexibility index (Phi) is 5.56. The largest absolute Gasteiger partial charge is 0.455 e. The van der Waals surface area contributed by atoms with Crippen molar-refractivity contribution in [1.29, 1.82) is 0 Å². The summed E-state index contributed by atoms with van der Waals surface area (Å²) in [5.41, 5.74) is 0.266. The summed E-state index contributed by atoms with van der Waals surface area (Å²) in [6, 6.07) is 4.14. The summed E-state index contributed by atoms with van der Waals surface area (Å²) in [6.45, 7) is -0.404. The third kappa shape index (κ3) is 4.00. The minimum atomic E-state index is -5.81. The van der Waals surface area contributed by atoms with Crippen molar-refractivity contribution in [3.8, 4) is 11.4 Å². The van der Waals surface area contributed by atoms with Gasteiger partial charge in [-0.1, -0.05) is 6.92 Å². The zero-order valence-electron chi connectivity index (χ0n) is 15.6. The first-order valence-electron chi connectivity index (χ1n) is 8.79. The van der Waals surface area contributed by atoms with Crippen LogP contribution in [0.25, 0.3) is 11.4 Å². The lowest BCUT2D eigenvalue weighted by molar-refractivity contribution is -0.276. The second-order valence-corrected chi connectivity index (χ2v) is 8.88. The van der Waals surface area contributed by atoms with E-state index in [9.17, 15) is 35.2 Å². The first-order valence-corrected chi connectivity index (χ1v) is 10.4. The van der Waals surface area contributed by atoms with Crippen LogP contribution in [0.4, 0.5) is 27.6 Å². The van der Waals surface area contributed by atoms with Crippen LogP contribution in [-0.4, -0.2) is 48.7 Å². The highest BCUT2D eigenvalue weighted by molar-refractivity contribution is 7.91. The molecule has 1 amide bonds. The molecule has 30 heavy (non-hydrogen) atoms. The van der Waals surface area contributed by atoms with Crippen LogP contribution >= 0.6 is 0 Å². The summed E-state index contributed by atoms with van der Waals surface area (Å²) in [5, 5.41) is 0. The van der Waals surface area contributed by atoms with Crippen LogP contribution in [0.3, 0.4) is 0 Å². The van der Waals surface area contributed by atoms with Gasteiger partial charge in [0.15, 0.2) is 9.84 Å². The SMILES string of the molecule is CCS(=O)(=O)c1cccnc1-c1cc2c(cn1)N(CC(F)(F)C(F)(F)F)C(=O)CC2. The first-order chi connectivity index (χ1) is 13.9. The summed E-state index contributed by atoms with van der Waals surface area (Å²) in [6.07, 6.45) is -3.65. The molecule has 1 aliphatic rings. The molecule has 12 heteroatoms. The van der Waals surface area contributed by atoms with Crippen LogP contribution in [0.5, 0.6) is 0 Å². The van der Waals surface area contributed by atoms with Crippen LogP contribution in [0.2, 0.25) is 0 Å². The lowest BCUT2D eigenvalue weighted by atomic mass is 10.0. The van der Waals surface area contributed by atoms with Crippen LogP contribution in [0.15, 0.2) is 35.5 Å². The molecule has 0 unspecified atom stereocenters. The maximum atomic E-state index is 13.5. The van der Waals surface area contributed by atoms with E-state index in [2.05, 4.69) is 9.97 Å². The maximum Gasteiger partial charge on any atom is 0.455 e. The Morgan fingerprint density at radius 2 is 1.83 bits per heavy atom. The van der Waals surface area contributed by atoms with Gasteiger partial charge in [-0.2, -0.15) is 22.0 Å². The number of pyridine rings is 2. The Hall–Kier alpha value is -2.63. The number of carbonyl (C=O) groups is 1. The number of rotatable bonds is 5. The second kappa shape index (κ2) is 7.56. The van der Waals surface area contributed by atoms with Gasteiger partial charge in [0, 0.05) is 12.6 Å². The summed E-state index contributed by atoms with van der Waals surface area (Å²) in [4.78, 5) is 20.4. The highest BCUT2D eigenvalue weighted by atomic mass is 32.2. The number of halogens is 5. The Morgan fingerprint density at radius 3 is 2.47 bits per heavy atom. The molecule has 3 heterocycles. The van der Waals surface area contributed by atoms with Crippen molar-refractivity contribution in [2.75, 3.05) is 17.2 Å². The molecule has 0 fully saturated rings. The molecular formula is C18H16F5N3O3S. The highest BCUT2D eigenvalue weighted by Crippen LogP contribution is 2.39. The first kappa shape index (κ1) is 22.1. The molecule has 0 N–H and O–H groups in total. The average molecular weight is 449 g/mol. The molecular weight excluding hydrogens is 433 g/mol. The number of hydrogen-bond donors (Lipinski definition) is 0. The molecule has 0 saturated heterocycles. The van der Waals surface area contributed by atoms with Crippen molar-refractivity contribution >= 4 is 21.4 Å². The minimum absolute atomic E-state index is 0.0335. The number of alkyl halides is 5. The van der Waals surface area contributed by atoms with Crippen molar-refractivity contribution < 1.29 is 35.2 Å². The number of sulfone groups is 1. The number of aromatic nitrogens is 2. The lowest BCUT2D eigenvalue weighted by Crippen LogP contribution is -2.50. The van der Waals surface area contributed by atoms with E-state index in [4.69, 9.17) is 0 Å². The Bertz CT molecular complexity index is 1090. The standard InChI is InChI=1S/C18H16F5N3O3S/c1-2-30(28,29)14-4-3-7-24-16(14)12-8-11-5-6-15(27)26(13(11)9-25-12)10-17(19,20)18(21,22)23/h3-4,7-9H,2,5-6,10H2,1H3. The smallest absolute Gasteiger partial charge is 0.304 e. The van der Waals surface area contributed by atoms with Gasteiger partial charge < -0.3 is 4.90 Å². The van der Waals surface area contributed by atoms with Crippen molar-refractivity contribution in [1.82, 2.24) is 9.97 Å². The van der Waals surface area contributed by atoms with Crippen molar-refractivity contribution in [3.63, 3.8) is 0 Å². The lowest BCUT2D eigenvalue weighted by Gasteiger charge is -2.32. The molecule has 0 atom stereocenters. The van der Waals surface area contributed by atoms with Gasteiger partial charge >= 0.3 is 12.1 Å². The van der Waals surface area contributed by atoms with Gasteiger partial charge in [-0.3, -0.25) is 14.8 Å². The second-order valence-electron chi connectivity index (χ2n) is 6.63. The van der Waals surface area contributed by atoms with Crippen molar-refractivity contribution in [3.05, 3.63) is 36.2 Å². The molecule has 0 bridgehead atoms. The molecule has 0 aliphatic carbocycles. The van der Waals surface area contributed by atoms with Gasteiger partial charge in [-0.15, -0.1) is 0 Å². The summed E-state index contributed by atoms with van der Waals surface area (Å²) in [7, 11) is -3.65. The van der Waals surface area contributed by atoms with Gasteiger partial charge in [-0.05, 0) is 30.2 Å². The van der Waals surface area contributed by atoms with E-state index in [0.717, 1.165) is 6.20 Å². The van der Waals surface area contributed by atoms with Crippen molar-refractivity contribution in [2.45, 2.75) is 36.8 Å². The van der Waals surface area contributed by atoms with E-state index in [-0.39, 0.29) is 40.6 Å². The Labute approximate surface area is 168 Å². The molecule has 2 aromatic heterocycles. The van der Waals surface area contributed by atoms with E-state index < -0.39 is 34.4 Å². The van der Waals surface area contributed by atoms with Crippen LogP contribution < -0.4 is 4.90 Å².